The molecule has 0 spiro atoms. The van der Waals surface area contributed by atoms with Gasteiger partial charge in [-0.15, -0.1) is 0 Å². The Hall–Kier alpha value is -6.85. The van der Waals surface area contributed by atoms with Gasteiger partial charge in [-0.3, -0.25) is 14.4 Å². The fourth-order valence-electron chi connectivity index (χ4n) is 9.34. The number of benzene rings is 2. The van der Waals surface area contributed by atoms with Gasteiger partial charge in [0.05, 0.1) is 74.8 Å². The number of carbonyl (C=O) groups is 5. The molecule has 0 aliphatic carbocycles. The van der Waals surface area contributed by atoms with Crippen molar-refractivity contribution < 1.29 is 42.9 Å². The van der Waals surface area contributed by atoms with Crippen molar-refractivity contribution in [2.24, 2.45) is 11.8 Å². The number of amides is 4. The van der Waals surface area contributed by atoms with Gasteiger partial charge in [-0.2, -0.15) is 0 Å². The Labute approximate surface area is 376 Å². The first-order valence-electron chi connectivity index (χ1n) is 22.2. The fourth-order valence-corrected chi connectivity index (χ4v) is 9.34. The minimum absolute atomic E-state index is 0.143. The topological polar surface area (TPSA) is 215 Å². The number of alkyl carbamates (subject to hydrolysis) is 2. The van der Waals surface area contributed by atoms with E-state index < -0.39 is 30.5 Å². The number of carbonyl (C=O) groups excluding carboxylic acids is 5. The van der Waals surface area contributed by atoms with Gasteiger partial charge in [-0.25, -0.2) is 19.6 Å². The van der Waals surface area contributed by atoms with Crippen LogP contribution in [0.15, 0.2) is 54.9 Å². The van der Waals surface area contributed by atoms with Crippen LogP contribution < -0.4 is 15.4 Å². The van der Waals surface area contributed by atoms with Crippen LogP contribution in [0, 0.1) is 11.8 Å². The van der Waals surface area contributed by atoms with Crippen LogP contribution in [0.4, 0.5) is 9.59 Å². The largest absolute Gasteiger partial charge is 0.469 e. The Morgan fingerprint density at radius 3 is 1.80 bits per heavy atom. The number of ether oxygens (including phenoxy) is 4. The van der Waals surface area contributed by atoms with E-state index in [0.717, 1.165) is 70.4 Å². The lowest BCUT2D eigenvalue weighted by molar-refractivity contribution is -0.141. The van der Waals surface area contributed by atoms with Gasteiger partial charge in [0, 0.05) is 41.6 Å². The molecule has 2 saturated heterocycles. The zero-order chi connectivity index (χ0) is 46.1. The zero-order valence-electron chi connectivity index (χ0n) is 37.8. The number of hydrogen-bond acceptors (Lipinski definition) is 11. The molecule has 3 aliphatic heterocycles. The first-order chi connectivity index (χ1) is 31.3. The number of likely N-dealkylation sites (tertiary alicyclic amines) is 2. The quantitative estimate of drug-likeness (QED) is 0.0696. The summed E-state index contributed by atoms with van der Waals surface area (Å²) in [5.74, 6) is 0.992. The van der Waals surface area contributed by atoms with Crippen molar-refractivity contribution in [2.45, 2.75) is 96.6 Å². The predicted octanol–water partition coefficient (Wildman–Crippen LogP) is 7.02. The molecule has 0 bridgehead atoms. The Kier molecular flexibility index (Phi) is 12.9. The lowest BCUT2D eigenvalue weighted by Gasteiger charge is -2.30. The molecule has 6 heterocycles. The minimum atomic E-state index is -0.739. The van der Waals surface area contributed by atoms with Gasteiger partial charge in [0.25, 0.3) is 0 Å². The summed E-state index contributed by atoms with van der Waals surface area (Å²) in [6, 6.07) is 12.2. The van der Waals surface area contributed by atoms with E-state index in [-0.39, 0.29) is 48.1 Å². The summed E-state index contributed by atoms with van der Waals surface area (Å²) in [5, 5.41) is 6.36. The highest BCUT2D eigenvalue weighted by Gasteiger charge is 2.39. The van der Waals surface area contributed by atoms with Crippen molar-refractivity contribution in [1.82, 2.24) is 44.9 Å². The molecule has 0 saturated carbocycles. The van der Waals surface area contributed by atoms with E-state index in [1.165, 1.54) is 21.3 Å². The van der Waals surface area contributed by atoms with Crippen molar-refractivity contribution in [3.63, 3.8) is 0 Å². The van der Waals surface area contributed by atoms with E-state index in [1.54, 1.807) is 22.2 Å². The molecule has 3 aromatic heterocycles. The highest BCUT2D eigenvalue weighted by molar-refractivity contribution is 5.92. The standard InChI is InChI=1S/C47H57N9O9/c1-25(2)40(52-46(60)63-6)44(58)54-18-8-10-34(54)42-48-23-31(50-42)27-13-15-33-29(20-27)21-36-30-14-12-28(22-37(30)65-38(56(33)36)16-17-39(57)62-5)32-24-49-43(51-32)35-11-9-19-55(35)45(59)41(26(3)4)53-47(61)64-7/h12-15,20-26,34-35,38,40-41H,8-11,16-19H2,1-7H3,(H,48,50)(H,49,51)(H,52,60)(H,53,61)/t34-,35-,38?,40-,41-/m0/s1. The summed E-state index contributed by atoms with van der Waals surface area (Å²) in [4.78, 5) is 84.1. The second-order valence-corrected chi connectivity index (χ2v) is 17.5. The van der Waals surface area contributed by atoms with Crippen LogP contribution in [0.25, 0.3) is 44.7 Å². The highest BCUT2D eigenvalue weighted by atomic mass is 16.5. The first kappa shape index (κ1) is 44.7. The maximum atomic E-state index is 13.7. The number of aromatic amines is 2. The van der Waals surface area contributed by atoms with Gasteiger partial charge in [0.2, 0.25) is 11.8 Å². The zero-order valence-corrected chi connectivity index (χ0v) is 37.8. The number of fused-ring (bicyclic) bond motifs is 5. The Bertz CT molecular complexity index is 2590. The van der Waals surface area contributed by atoms with Crippen molar-refractivity contribution in [3.05, 3.63) is 66.5 Å². The van der Waals surface area contributed by atoms with Crippen LogP contribution in [0.2, 0.25) is 0 Å². The average molecular weight is 892 g/mol. The molecule has 344 valence electrons. The van der Waals surface area contributed by atoms with E-state index >= 15 is 0 Å². The number of hydrogen-bond donors (Lipinski definition) is 4. The molecule has 18 heteroatoms. The Morgan fingerprint density at radius 1 is 0.738 bits per heavy atom. The van der Waals surface area contributed by atoms with Crippen molar-refractivity contribution in [1.29, 1.82) is 0 Å². The number of methoxy groups -OCH3 is 3. The second kappa shape index (κ2) is 18.7. The number of aromatic nitrogens is 5. The first-order valence-corrected chi connectivity index (χ1v) is 22.2. The number of H-pyrrole nitrogens is 2. The molecule has 8 rings (SSSR count). The molecular weight excluding hydrogens is 835 g/mol. The highest BCUT2D eigenvalue weighted by Crippen LogP contribution is 2.46. The minimum Gasteiger partial charge on any atom is -0.469 e. The van der Waals surface area contributed by atoms with Gasteiger partial charge in [0.1, 0.15) is 29.5 Å². The molecular formula is C47H57N9O9. The normalized spacial score (nSPS) is 18.8. The predicted molar refractivity (Wildman–Crippen MR) is 239 cm³/mol. The molecule has 0 radical (unpaired) electrons. The van der Waals surface area contributed by atoms with Crippen LogP contribution in [-0.2, 0) is 28.6 Å². The molecule has 2 fully saturated rings. The summed E-state index contributed by atoms with van der Waals surface area (Å²) in [5.41, 5.74) is 6.02. The molecule has 4 N–H and O–H groups in total. The molecule has 3 aliphatic rings. The average Bonchev–Trinajstić information content (AvgIpc) is 4.17. The van der Waals surface area contributed by atoms with Crippen LogP contribution in [0.5, 0.6) is 5.75 Å². The van der Waals surface area contributed by atoms with E-state index in [0.29, 0.717) is 36.9 Å². The van der Waals surface area contributed by atoms with Crippen molar-refractivity contribution >= 4 is 40.9 Å². The third-order valence-electron chi connectivity index (χ3n) is 12.8. The molecule has 2 aromatic carbocycles. The maximum Gasteiger partial charge on any atom is 0.407 e. The van der Waals surface area contributed by atoms with E-state index in [2.05, 4.69) is 37.3 Å². The van der Waals surface area contributed by atoms with Gasteiger partial charge in [0.15, 0.2) is 6.23 Å². The second-order valence-electron chi connectivity index (χ2n) is 17.5. The third kappa shape index (κ3) is 8.85. The summed E-state index contributed by atoms with van der Waals surface area (Å²) in [7, 11) is 3.93. The van der Waals surface area contributed by atoms with Crippen molar-refractivity contribution in [2.75, 3.05) is 34.4 Å². The van der Waals surface area contributed by atoms with Gasteiger partial charge in [-0.05, 0) is 67.9 Å². The van der Waals surface area contributed by atoms with Gasteiger partial charge in [-0.1, -0.05) is 39.8 Å². The molecule has 18 nitrogen and oxygen atoms in total. The molecule has 5 aromatic rings. The fraction of sp³-hybridized carbons (Fsp3) is 0.468. The number of esters is 1. The van der Waals surface area contributed by atoms with Crippen LogP contribution in [0.1, 0.15) is 96.2 Å². The van der Waals surface area contributed by atoms with Crippen LogP contribution >= 0.6 is 0 Å². The molecule has 4 amide bonds. The van der Waals surface area contributed by atoms with Gasteiger partial charge >= 0.3 is 18.2 Å². The van der Waals surface area contributed by atoms with Crippen molar-refractivity contribution in [3.8, 4) is 39.5 Å². The number of imidazole rings is 2. The SMILES string of the molecule is COC(=O)CCC1Oc2cc(-c3cnc([C@@H]4CCCN4C(=O)[C@@H](NC(=O)OC)C(C)C)[nH]3)ccc2-c2cc3cc(-c4cnc([C@@H]5CCCN5C(=O)[C@@H](NC(=O)OC)C(C)C)[nH]4)ccc3n21. The number of nitrogens with zero attached hydrogens (tertiary/aromatic N) is 5. The summed E-state index contributed by atoms with van der Waals surface area (Å²) < 4.78 is 23.4. The van der Waals surface area contributed by atoms with Gasteiger partial charge < -0.3 is 53.9 Å². The maximum absolute atomic E-state index is 13.7. The smallest absolute Gasteiger partial charge is 0.407 e. The van der Waals surface area contributed by atoms with E-state index in [4.69, 9.17) is 28.9 Å². The summed E-state index contributed by atoms with van der Waals surface area (Å²) in [6.07, 6.45) is 5.30. The van der Waals surface area contributed by atoms with E-state index in [9.17, 15) is 24.0 Å². The monoisotopic (exact) mass is 891 g/mol. The Balaban J connectivity index is 1.06. The Morgan fingerprint density at radius 2 is 1.28 bits per heavy atom. The third-order valence-corrected chi connectivity index (χ3v) is 12.8. The molecule has 5 atom stereocenters. The molecule has 65 heavy (non-hydrogen) atoms. The van der Waals surface area contributed by atoms with Crippen LogP contribution in [-0.4, -0.2) is 111 Å². The van der Waals surface area contributed by atoms with Crippen LogP contribution in [0.3, 0.4) is 0 Å². The van der Waals surface area contributed by atoms with E-state index in [1.807, 2.05) is 58.0 Å². The number of nitrogens with one attached hydrogen (secondary N) is 4. The summed E-state index contributed by atoms with van der Waals surface area (Å²) in [6.45, 7) is 8.64. The lowest BCUT2D eigenvalue weighted by Crippen LogP contribution is -2.51. The number of rotatable bonds is 13. The summed E-state index contributed by atoms with van der Waals surface area (Å²) >= 11 is 0. The molecule has 1 unspecified atom stereocenters. The lowest BCUT2D eigenvalue weighted by atomic mass is 10.0.